The SMILES string of the molecule is CN(CCCCCOCC[C@@H]1CC[C@H]2C[C@@H]1C2(C)C)Cc1ccccc1. The van der Waals surface area contributed by atoms with Crippen LogP contribution >= 0.6 is 0 Å². The molecule has 3 aliphatic rings. The molecule has 2 heteroatoms. The average molecular weight is 358 g/mol. The van der Waals surface area contributed by atoms with Gasteiger partial charge in [0.1, 0.15) is 0 Å². The van der Waals surface area contributed by atoms with Gasteiger partial charge in [-0.1, -0.05) is 44.2 Å². The highest BCUT2D eigenvalue weighted by molar-refractivity contribution is 5.14. The maximum Gasteiger partial charge on any atom is 0.0468 e. The Labute approximate surface area is 161 Å². The van der Waals surface area contributed by atoms with Crippen molar-refractivity contribution in [1.29, 1.82) is 0 Å². The number of hydrogen-bond acceptors (Lipinski definition) is 2. The van der Waals surface area contributed by atoms with Crippen LogP contribution in [0.15, 0.2) is 30.3 Å². The maximum atomic E-state index is 5.96. The van der Waals surface area contributed by atoms with Crippen molar-refractivity contribution in [3.63, 3.8) is 0 Å². The molecule has 0 spiro atoms. The molecule has 4 rings (SSSR count). The fourth-order valence-electron chi connectivity index (χ4n) is 5.38. The molecule has 2 bridgehead atoms. The zero-order chi connectivity index (χ0) is 18.4. The molecular formula is C24H39NO. The normalized spacial score (nSPS) is 26.7. The number of ether oxygens (including phenoxy) is 1. The quantitative estimate of drug-likeness (QED) is 0.466. The Balaban J connectivity index is 1.17. The summed E-state index contributed by atoms with van der Waals surface area (Å²) >= 11 is 0. The highest BCUT2D eigenvalue weighted by Crippen LogP contribution is 2.61. The second-order valence-corrected chi connectivity index (χ2v) is 9.38. The summed E-state index contributed by atoms with van der Waals surface area (Å²) in [6, 6.07) is 10.8. The highest BCUT2D eigenvalue weighted by atomic mass is 16.5. The van der Waals surface area contributed by atoms with Gasteiger partial charge in [-0.25, -0.2) is 0 Å². The Morgan fingerprint density at radius 1 is 1.04 bits per heavy atom. The molecule has 146 valence electrons. The van der Waals surface area contributed by atoms with E-state index in [2.05, 4.69) is 56.1 Å². The van der Waals surface area contributed by atoms with E-state index < -0.39 is 0 Å². The van der Waals surface area contributed by atoms with E-state index in [4.69, 9.17) is 4.74 Å². The summed E-state index contributed by atoms with van der Waals surface area (Å²) in [7, 11) is 2.22. The van der Waals surface area contributed by atoms with Crippen LogP contribution in [0.25, 0.3) is 0 Å². The summed E-state index contributed by atoms with van der Waals surface area (Å²) in [5.74, 6) is 2.93. The fourth-order valence-corrected chi connectivity index (χ4v) is 5.38. The van der Waals surface area contributed by atoms with Gasteiger partial charge in [0.2, 0.25) is 0 Å². The van der Waals surface area contributed by atoms with E-state index in [0.717, 1.165) is 37.5 Å². The van der Waals surface area contributed by atoms with Crippen molar-refractivity contribution in [1.82, 2.24) is 4.90 Å². The third-order valence-corrected chi connectivity index (χ3v) is 7.26. The van der Waals surface area contributed by atoms with E-state index in [1.165, 1.54) is 57.1 Å². The van der Waals surface area contributed by atoms with Gasteiger partial charge < -0.3 is 9.64 Å². The molecule has 3 atom stereocenters. The zero-order valence-corrected chi connectivity index (χ0v) is 17.3. The number of fused-ring (bicyclic) bond motifs is 2. The summed E-state index contributed by atoms with van der Waals surface area (Å²) < 4.78 is 5.96. The van der Waals surface area contributed by atoms with Crippen molar-refractivity contribution < 1.29 is 4.74 Å². The molecule has 0 aromatic heterocycles. The minimum absolute atomic E-state index is 0.620. The average Bonchev–Trinajstić information content (AvgIpc) is 2.64. The molecule has 1 aromatic rings. The molecule has 0 unspecified atom stereocenters. The summed E-state index contributed by atoms with van der Waals surface area (Å²) in [6.07, 6.45) is 9.46. The Bertz CT molecular complexity index is 524. The van der Waals surface area contributed by atoms with Gasteiger partial charge in [0.05, 0.1) is 0 Å². The van der Waals surface area contributed by atoms with E-state index >= 15 is 0 Å². The van der Waals surface area contributed by atoms with Crippen LogP contribution in [0.2, 0.25) is 0 Å². The van der Waals surface area contributed by atoms with E-state index in [1.54, 1.807) is 0 Å². The van der Waals surface area contributed by atoms with E-state index in [0.29, 0.717) is 5.41 Å². The van der Waals surface area contributed by atoms with Crippen LogP contribution in [0.3, 0.4) is 0 Å². The standard InChI is InChI=1S/C24H39NO/c1-24(2)22-13-12-21(23(24)18-22)14-17-26-16-9-5-8-15-25(3)19-20-10-6-4-7-11-20/h4,6-7,10-11,21-23H,5,8-9,12-19H2,1-3H3/t21-,22-,23-/m0/s1. The number of rotatable bonds is 11. The van der Waals surface area contributed by atoms with Gasteiger partial charge in [-0.05, 0) is 87.3 Å². The van der Waals surface area contributed by atoms with Gasteiger partial charge in [0.25, 0.3) is 0 Å². The molecule has 0 aliphatic heterocycles. The summed E-state index contributed by atoms with van der Waals surface area (Å²) in [6.45, 7) is 9.15. The van der Waals surface area contributed by atoms with Crippen molar-refractivity contribution >= 4 is 0 Å². The number of benzene rings is 1. The van der Waals surface area contributed by atoms with Crippen molar-refractivity contribution in [3.8, 4) is 0 Å². The van der Waals surface area contributed by atoms with Crippen LogP contribution in [-0.2, 0) is 11.3 Å². The monoisotopic (exact) mass is 357 g/mol. The maximum absolute atomic E-state index is 5.96. The molecule has 1 aromatic carbocycles. The molecule has 0 amide bonds. The molecule has 0 heterocycles. The first kappa shape index (κ1) is 19.9. The van der Waals surface area contributed by atoms with Gasteiger partial charge in [-0.15, -0.1) is 0 Å². The molecule has 3 saturated carbocycles. The molecular weight excluding hydrogens is 318 g/mol. The van der Waals surface area contributed by atoms with Crippen LogP contribution in [0.4, 0.5) is 0 Å². The van der Waals surface area contributed by atoms with Crippen LogP contribution in [0.1, 0.15) is 64.4 Å². The molecule has 2 nitrogen and oxygen atoms in total. The third kappa shape index (κ3) is 5.10. The van der Waals surface area contributed by atoms with Crippen molar-refractivity contribution in [2.75, 3.05) is 26.8 Å². The van der Waals surface area contributed by atoms with Gasteiger partial charge in [0, 0.05) is 19.8 Å². The molecule has 26 heavy (non-hydrogen) atoms. The lowest BCUT2D eigenvalue weighted by Crippen LogP contribution is -2.52. The minimum Gasteiger partial charge on any atom is -0.381 e. The Morgan fingerprint density at radius 3 is 2.58 bits per heavy atom. The van der Waals surface area contributed by atoms with Gasteiger partial charge in [-0.2, -0.15) is 0 Å². The second-order valence-electron chi connectivity index (χ2n) is 9.38. The predicted molar refractivity (Wildman–Crippen MR) is 110 cm³/mol. The molecule has 0 N–H and O–H groups in total. The largest absolute Gasteiger partial charge is 0.381 e. The van der Waals surface area contributed by atoms with Crippen LogP contribution in [0, 0.1) is 23.2 Å². The van der Waals surface area contributed by atoms with Gasteiger partial charge in [0.15, 0.2) is 0 Å². The van der Waals surface area contributed by atoms with Crippen molar-refractivity contribution in [2.45, 2.75) is 65.3 Å². The molecule has 3 fully saturated rings. The predicted octanol–water partition coefficient (Wildman–Crippen LogP) is 5.77. The first-order chi connectivity index (χ1) is 12.6. The van der Waals surface area contributed by atoms with E-state index in [1.807, 2.05) is 0 Å². The minimum atomic E-state index is 0.620. The van der Waals surface area contributed by atoms with E-state index in [9.17, 15) is 0 Å². The lowest BCUT2D eigenvalue weighted by atomic mass is 9.45. The summed E-state index contributed by atoms with van der Waals surface area (Å²) in [5.41, 5.74) is 2.02. The third-order valence-electron chi connectivity index (χ3n) is 7.26. The van der Waals surface area contributed by atoms with Crippen LogP contribution in [-0.4, -0.2) is 31.7 Å². The Hall–Kier alpha value is -0.860. The number of unbranched alkanes of at least 4 members (excludes halogenated alkanes) is 2. The second kappa shape index (κ2) is 9.37. The van der Waals surface area contributed by atoms with Crippen molar-refractivity contribution in [3.05, 3.63) is 35.9 Å². The summed E-state index contributed by atoms with van der Waals surface area (Å²) in [5, 5.41) is 0. The first-order valence-electron chi connectivity index (χ1n) is 10.9. The molecule has 0 radical (unpaired) electrons. The van der Waals surface area contributed by atoms with Gasteiger partial charge in [-0.3, -0.25) is 0 Å². The van der Waals surface area contributed by atoms with Crippen LogP contribution < -0.4 is 0 Å². The highest BCUT2D eigenvalue weighted by Gasteiger charge is 2.53. The fraction of sp³-hybridized carbons (Fsp3) is 0.750. The van der Waals surface area contributed by atoms with Gasteiger partial charge >= 0.3 is 0 Å². The Morgan fingerprint density at radius 2 is 1.85 bits per heavy atom. The topological polar surface area (TPSA) is 12.5 Å². The van der Waals surface area contributed by atoms with E-state index in [-0.39, 0.29) is 0 Å². The van der Waals surface area contributed by atoms with Crippen LogP contribution in [0.5, 0.6) is 0 Å². The lowest BCUT2D eigenvalue weighted by Gasteiger charge is -2.60. The smallest absolute Gasteiger partial charge is 0.0468 e. The molecule has 3 aliphatic carbocycles. The first-order valence-corrected chi connectivity index (χ1v) is 10.9. The molecule has 0 saturated heterocycles. The lowest BCUT2D eigenvalue weighted by molar-refractivity contribution is -0.111. The number of nitrogens with zero attached hydrogens (tertiary/aromatic N) is 1. The Kier molecular flexibility index (Phi) is 7.17. The summed E-state index contributed by atoms with van der Waals surface area (Å²) in [4.78, 5) is 2.42. The zero-order valence-electron chi connectivity index (χ0n) is 17.3. The number of hydrogen-bond donors (Lipinski definition) is 0. The van der Waals surface area contributed by atoms with Crippen molar-refractivity contribution in [2.24, 2.45) is 23.2 Å².